The molecule has 0 spiro atoms. The molecular formula is C18H18F3NO5. The molecule has 1 N–H and O–H groups in total. The van der Waals surface area contributed by atoms with Crippen LogP contribution in [-0.2, 0) is 17.6 Å². The largest absolute Gasteiger partial charge is 0.493 e. The Balaban J connectivity index is 2.06. The molecule has 0 aliphatic carbocycles. The van der Waals surface area contributed by atoms with Crippen LogP contribution in [0.25, 0.3) is 0 Å². The molecule has 0 aliphatic heterocycles. The highest BCUT2D eigenvalue weighted by atomic mass is 19.4. The highest BCUT2D eigenvalue weighted by Gasteiger charge is 2.30. The van der Waals surface area contributed by atoms with E-state index in [0.29, 0.717) is 5.75 Å². The normalized spacial score (nSPS) is 11.0. The van der Waals surface area contributed by atoms with Crippen molar-refractivity contribution in [1.82, 2.24) is 5.48 Å². The van der Waals surface area contributed by atoms with Crippen LogP contribution in [0.4, 0.5) is 13.2 Å². The third-order valence-corrected chi connectivity index (χ3v) is 3.58. The summed E-state index contributed by atoms with van der Waals surface area (Å²) in [5.74, 6) is 0.252. The maximum Gasteiger partial charge on any atom is 0.416 e. The molecular weight excluding hydrogens is 367 g/mol. The number of alkyl halides is 3. The zero-order chi connectivity index (χ0) is 20.0. The van der Waals surface area contributed by atoms with Gasteiger partial charge < -0.3 is 14.2 Å². The fourth-order valence-electron chi connectivity index (χ4n) is 2.29. The molecule has 2 aromatic carbocycles. The number of hydrogen-bond donors (Lipinski definition) is 1. The molecule has 0 saturated heterocycles. The Labute approximate surface area is 153 Å². The van der Waals surface area contributed by atoms with Gasteiger partial charge in [0.2, 0.25) is 5.75 Å². The van der Waals surface area contributed by atoms with Crippen LogP contribution in [0, 0.1) is 0 Å². The number of rotatable bonds is 7. The average molecular weight is 385 g/mol. The molecule has 6 nitrogen and oxygen atoms in total. The Hall–Kier alpha value is -2.94. The maximum atomic E-state index is 12.7. The topological polar surface area (TPSA) is 66.0 Å². The molecule has 2 rings (SSSR count). The minimum atomic E-state index is -4.45. The van der Waals surface area contributed by atoms with Crippen molar-refractivity contribution in [3.8, 4) is 17.2 Å². The van der Waals surface area contributed by atoms with Gasteiger partial charge in [0, 0.05) is 5.56 Å². The van der Waals surface area contributed by atoms with E-state index in [-0.39, 0.29) is 29.2 Å². The number of methoxy groups -OCH3 is 3. The molecule has 0 bridgehead atoms. The number of amides is 1. The second kappa shape index (κ2) is 8.63. The molecule has 0 saturated carbocycles. The van der Waals surface area contributed by atoms with Crippen LogP contribution in [0.3, 0.4) is 0 Å². The molecule has 2 aromatic rings. The smallest absolute Gasteiger partial charge is 0.416 e. The molecule has 0 fully saturated rings. The first-order chi connectivity index (χ1) is 12.8. The monoisotopic (exact) mass is 385 g/mol. The lowest BCUT2D eigenvalue weighted by molar-refractivity contribution is -0.137. The van der Waals surface area contributed by atoms with E-state index in [0.717, 1.165) is 12.1 Å². The van der Waals surface area contributed by atoms with Gasteiger partial charge in [-0.25, -0.2) is 5.48 Å². The average Bonchev–Trinajstić information content (AvgIpc) is 2.66. The van der Waals surface area contributed by atoms with Crippen molar-refractivity contribution < 1.29 is 37.0 Å². The summed E-state index contributed by atoms with van der Waals surface area (Å²) in [5, 5.41) is 0. The van der Waals surface area contributed by atoms with E-state index in [9.17, 15) is 18.0 Å². The molecule has 9 heteroatoms. The van der Waals surface area contributed by atoms with Crippen molar-refractivity contribution in [2.24, 2.45) is 0 Å². The van der Waals surface area contributed by atoms with Gasteiger partial charge in [0.25, 0.3) is 5.91 Å². The SMILES string of the molecule is COc1cc(C(=O)NOCc2cccc(C(F)(F)F)c2)cc(OC)c1OC. The van der Waals surface area contributed by atoms with Crippen LogP contribution in [0.2, 0.25) is 0 Å². The van der Waals surface area contributed by atoms with Crippen LogP contribution in [0.5, 0.6) is 17.2 Å². The Morgan fingerprint density at radius 1 is 1.00 bits per heavy atom. The molecule has 0 atom stereocenters. The van der Waals surface area contributed by atoms with E-state index in [1.165, 1.54) is 45.6 Å². The maximum absolute atomic E-state index is 12.7. The number of benzene rings is 2. The molecule has 27 heavy (non-hydrogen) atoms. The third kappa shape index (κ3) is 5.04. The van der Waals surface area contributed by atoms with Crippen LogP contribution in [-0.4, -0.2) is 27.2 Å². The minimum Gasteiger partial charge on any atom is -0.493 e. The van der Waals surface area contributed by atoms with Gasteiger partial charge in [0.1, 0.15) is 0 Å². The molecule has 0 radical (unpaired) electrons. The van der Waals surface area contributed by atoms with Crippen molar-refractivity contribution in [2.75, 3.05) is 21.3 Å². The van der Waals surface area contributed by atoms with Gasteiger partial charge in [-0.15, -0.1) is 0 Å². The highest BCUT2D eigenvalue weighted by molar-refractivity contribution is 5.95. The van der Waals surface area contributed by atoms with E-state index in [4.69, 9.17) is 19.0 Å². The number of ether oxygens (including phenoxy) is 3. The number of halogens is 3. The van der Waals surface area contributed by atoms with Gasteiger partial charge in [0.05, 0.1) is 33.5 Å². The second-order valence-electron chi connectivity index (χ2n) is 5.33. The van der Waals surface area contributed by atoms with Crippen LogP contribution in [0.15, 0.2) is 36.4 Å². The summed E-state index contributed by atoms with van der Waals surface area (Å²) < 4.78 is 53.6. The number of carbonyl (C=O) groups is 1. The van der Waals surface area contributed by atoms with E-state index >= 15 is 0 Å². The standard InChI is InChI=1S/C18H18F3NO5/c1-24-14-8-12(9-15(25-2)16(14)26-3)17(23)22-27-10-11-5-4-6-13(7-11)18(19,20)21/h4-9H,10H2,1-3H3,(H,22,23). The van der Waals surface area contributed by atoms with Crippen molar-refractivity contribution in [2.45, 2.75) is 12.8 Å². The summed E-state index contributed by atoms with van der Waals surface area (Å²) in [4.78, 5) is 17.3. The van der Waals surface area contributed by atoms with Crippen molar-refractivity contribution in [3.63, 3.8) is 0 Å². The molecule has 0 aromatic heterocycles. The fourth-order valence-corrected chi connectivity index (χ4v) is 2.29. The van der Waals surface area contributed by atoms with Gasteiger partial charge in [0.15, 0.2) is 11.5 Å². The van der Waals surface area contributed by atoms with Crippen molar-refractivity contribution in [3.05, 3.63) is 53.1 Å². The van der Waals surface area contributed by atoms with Crippen molar-refractivity contribution >= 4 is 5.91 Å². The molecule has 0 heterocycles. The van der Waals surface area contributed by atoms with Crippen LogP contribution >= 0.6 is 0 Å². The predicted octanol–water partition coefficient (Wildman–Crippen LogP) is 3.59. The third-order valence-electron chi connectivity index (χ3n) is 3.58. The number of carbonyl (C=O) groups excluding carboxylic acids is 1. The molecule has 0 unspecified atom stereocenters. The highest BCUT2D eigenvalue weighted by Crippen LogP contribution is 2.38. The first kappa shape index (κ1) is 20.4. The summed E-state index contributed by atoms with van der Waals surface area (Å²) in [6.07, 6.45) is -4.45. The summed E-state index contributed by atoms with van der Waals surface area (Å²) in [6.45, 7) is -0.236. The summed E-state index contributed by atoms with van der Waals surface area (Å²) in [5.41, 5.74) is 1.80. The zero-order valence-corrected chi connectivity index (χ0v) is 14.8. The van der Waals surface area contributed by atoms with E-state index in [1.807, 2.05) is 0 Å². The van der Waals surface area contributed by atoms with Gasteiger partial charge >= 0.3 is 6.18 Å². The second-order valence-corrected chi connectivity index (χ2v) is 5.33. The van der Waals surface area contributed by atoms with Gasteiger partial charge in [-0.2, -0.15) is 13.2 Å². The quantitative estimate of drug-likeness (QED) is 0.738. The Morgan fingerprint density at radius 2 is 1.63 bits per heavy atom. The Kier molecular flexibility index (Phi) is 6.51. The summed E-state index contributed by atoms with van der Waals surface area (Å²) >= 11 is 0. The van der Waals surface area contributed by atoms with Gasteiger partial charge in [-0.05, 0) is 29.8 Å². The number of hydrogen-bond acceptors (Lipinski definition) is 5. The van der Waals surface area contributed by atoms with Crippen LogP contribution in [0.1, 0.15) is 21.5 Å². The molecule has 1 amide bonds. The number of nitrogens with one attached hydrogen (secondary N) is 1. The van der Waals surface area contributed by atoms with Gasteiger partial charge in [-0.1, -0.05) is 12.1 Å². The summed E-state index contributed by atoms with van der Waals surface area (Å²) in [6, 6.07) is 7.47. The van der Waals surface area contributed by atoms with E-state index < -0.39 is 17.6 Å². The van der Waals surface area contributed by atoms with Crippen LogP contribution < -0.4 is 19.7 Å². The zero-order valence-electron chi connectivity index (χ0n) is 14.8. The first-order valence-corrected chi connectivity index (χ1v) is 7.68. The van der Waals surface area contributed by atoms with Gasteiger partial charge in [-0.3, -0.25) is 9.63 Å². The summed E-state index contributed by atoms with van der Waals surface area (Å²) in [7, 11) is 4.24. The van der Waals surface area contributed by atoms with E-state index in [1.54, 1.807) is 0 Å². The predicted molar refractivity (Wildman–Crippen MR) is 89.8 cm³/mol. The molecule has 0 aliphatic rings. The van der Waals surface area contributed by atoms with E-state index in [2.05, 4.69) is 5.48 Å². The Morgan fingerprint density at radius 3 is 2.15 bits per heavy atom. The lowest BCUT2D eigenvalue weighted by atomic mass is 10.1. The first-order valence-electron chi connectivity index (χ1n) is 7.68. The lowest BCUT2D eigenvalue weighted by Gasteiger charge is -2.14. The minimum absolute atomic E-state index is 0.161. The van der Waals surface area contributed by atoms with Crippen molar-refractivity contribution in [1.29, 1.82) is 0 Å². The Bertz CT molecular complexity index is 783. The number of hydroxylamine groups is 1. The lowest BCUT2D eigenvalue weighted by Crippen LogP contribution is -2.23. The fraction of sp³-hybridized carbons (Fsp3) is 0.278. The molecule has 146 valence electrons.